The summed E-state index contributed by atoms with van der Waals surface area (Å²) < 4.78 is 0. The molecule has 2 aromatic carbocycles. The summed E-state index contributed by atoms with van der Waals surface area (Å²) in [7, 11) is 0. The van der Waals surface area contributed by atoms with Crippen molar-refractivity contribution in [2.45, 2.75) is 189 Å². The summed E-state index contributed by atoms with van der Waals surface area (Å²) in [5, 5.41) is 0. The highest BCUT2D eigenvalue weighted by atomic mass is 14.3. The Hall–Kier alpha value is -2.86. The van der Waals surface area contributed by atoms with E-state index in [1.807, 2.05) is 0 Å². The first-order valence-electron chi connectivity index (χ1n) is 21.1. The van der Waals surface area contributed by atoms with Gasteiger partial charge in [0.2, 0.25) is 0 Å². The van der Waals surface area contributed by atoms with Crippen molar-refractivity contribution >= 4 is 0 Å². The Balaban J connectivity index is 0.000000894. The molecule has 0 nitrogen and oxygen atoms in total. The van der Waals surface area contributed by atoms with Gasteiger partial charge in [-0.05, 0) is 178 Å². The molecule has 0 amide bonds. The SMILES string of the molecule is C=C(C)/C=C(\C(=C/C)CCCC(C)C)C(C)(C)C.C=C(C)C(C)CC(C)C.C=C(C)CC(C)c1c(C)c(-c2c(C)cc(C)cc2C)cc(C(C)(C)C)c1C. The van der Waals surface area contributed by atoms with Crippen LogP contribution in [0.3, 0.4) is 0 Å². The lowest BCUT2D eigenvalue weighted by molar-refractivity contribution is 0.487. The highest BCUT2D eigenvalue weighted by Gasteiger charge is 2.25. The number of aryl methyl sites for hydroxylation is 3. The molecule has 0 aliphatic rings. The van der Waals surface area contributed by atoms with Crippen LogP contribution in [0.4, 0.5) is 0 Å². The number of rotatable bonds is 13. The van der Waals surface area contributed by atoms with E-state index in [0.717, 1.165) is 23.8 Å². The molecule has 0 aliphatic heterocycles. The Morgan fingerprint density at radius 1 is 0.741 bits per heavy atom. The Morgan fingerprint density at radius 3 is 1.61 bits per heavy atom. The fourth-order valence-corrected chi connectivity index (χ4v) is 8.02. The highest BCUT2D eigenvalue weighted by molar-refractivity contribution is 5.77. The summed E-state index contributed by atoms with van der Waals surface area (Å²) >= 11 is 0. The van der Waals surface area contributed by atoms with Crippen LogP contribution in [0.2, 0.25) is 0 Å². The second-order valence-electron chi connectivity index (χ2n) is 19.9. The molecule has 0 spiro atoms. The van der Waals surface area contributed by atoms with Crippen molar-refractivity contribution in [1.82, 2.24) is 0 Å². The zero-order valence-corrected chi connectivity index (χ0v) is 39.9. The highest BCUT2D eigenvalue weighted by Crippen LogP contribution is 2.42. The maximum atomic E-state index is 4.17. The predicted octanol–water partition coefficient (Wildman–Crippen LogP) is 17.8. The molecular weight excluding hydrogens is 649 g/mol. The molecule has 0 aliphatic carbocycles. The van der Waals surface area contributed by atoms with Crippen molar-refractivity contribution < 1.29 is 0 Å². The third kappa shape index (κ3) is 17.3. The van der Waals surface area contributed by atoms with Crippen molar-refractivity contribution in [1.29, 1.82) is 0 Å². The van der Waals surface area contributed by atoms with Crippen molar-refractivity contribution in [3.8, 4) is 11.1 Å². The molecular formula is C54H88. The van der Waals surface area contributed by atoms with Gasteiger partial charge in [-0.15, -0.1) is 6.58 Å². The summed E-state index contributed by atoms with van der Waals surface area (Å²) in [6.45, 7) is 59.4. The minimum atomic E-state index is 0.122. The second kappa shape index (κ2) is 22.6. The van der Waals surface area contributed by atoms with Gasteiger partial charge in [0, 0.05) is 0 Å². The molecule has 54 heavy (non-hydrogen) atoms. The van der Waals surface area contributed by atoms with Gasteiger partial charge in [0.05, 0.1) is 0 Å². The van der Waals surface area contributed by atoms with Crippen LogP contribution >= 0.6 is 0 Å². The van der Waals surface area contributed by atoms with Gasteiger partial charge in [-0.3, -0.25) is 0 Å². The lowest BCUT2D eigenvalue weighted by Gasteiger charge is -2.30. The summed E-state index contributed by atoms with van der Waals surface area (Å²) in [6, 6.07) is 7.09. The minimum absolute atomic E-state index is 0.122. The third-order valence-electron chi connectivity index (χ3n) is 10.6. The molecule has 2 aromatic rings. The van der Waals surface area contributed by atoms with E-state index in [0.29, 0.717) is 11.8 Å². The van der Waals surface area contributed by atoms with Gasteiger partial charge in [-0.25, -0.2) is 0 Å². The van der Waals surface area contributed by atoms with E-state index in [2.05, 4.69) is 195 Å². The van der Waals surface area contributed by atoms with Crippen LogP contribution in [0.25, 0.3) is 11.1 Å². The molecule has 0 fully saturated rings. The molecule has 0 aromatic heterocycles. The van der Waals surface area contributed by atoms with Crippen LogP contribution in [0.15, 0.2) is 78.0 Å². The Kier molecular flexibility index (Phi) is 21.4. The summed E-state index contributed by atoms with van der Waals surface area (Å²) in [4.78, 5) is 0. The third-order valence-corrected chi connectivity index (χ3v) is 10.6. The average molecular weight is 737 g/mol. The summed E-state index contributed by atoms with van der Waals surface area (Å²) in [6.07, 6.45) is 10.6. The van der Waals surface area contributed by atoms with Gasteiger partial charge in [0.1, 0.15) is 0 Å². The van der Waals surface area contributed by atoms with Gasteiger partial charge < -0.3 is 0 Å². The normalized spacial score (nSPS) is 13.5. The molecule has 0 N–H and O–H groups in total. The van der Waals surface area contributed by atoms with E-state index in [1.165, 1.54) is 98.0 Å². The van der Waals surface area contributed by atoms with Crippen LogP contribution in [0.5, 0.6) is 0 Å². The van der Waals surface area contributed by atoms with Crippen LogP contribution in [0.1, 0.15) is 188 Å². The van der Waals surface area contributed by atoms with E-state index in [1.54, 1.807) is 0 Å². The number of allylic oxidation sites excluding steroid dienone is 7. The summed E-state index contributed by atoms with van der Waals surface area (Å²) in [5.41, 5.74) is 19.7. The van der Waals surface area contributed by atoms with Gasteiger partial charge in [-0.2, -0.15) is 0 Å². The summed E-state index contributed by atoms with van der Waals surface area (Å²) in [5.74, 6) is 2.78. The Labute approximate surface area is 338 Å². The van der Waals surface area contributed by atoms with Crippen LogP contribution < -0.4 is 0 Å². The topological polar surface area (TPSA) is 0 Å². The Bertz CT molecular complexity index is 1570. The molecule has 0 heteroatoms. The molecule has 304 valence electrons. The lowest BCUT2D eigenvalue weighted by atomic mass is 9.75. The quantitative estimate of drug-likeness (QED) is 0.142. The first kappa shape index (κ1) is 51.1. The maximum absolute atomic E-state index is 4.17. The fourth-order valence-electron chi connectivity index (χ4n) is 8.02. The second-order valence-corrected chi connectivity index (χ2v) is 19.9. The van der Waals surface area contributed by atoms with Crippen molar-refractivity contribution in [2.24, 2.45) is 23.2 Å². The molecule has 2 unspecified atom stereocenters. The number of benzene rings is 2. The molecule has 0 bridgehead atoms. The van der Waals surface area contributed by atoms with E-state index < -0.39 is 0 Å². The lowest BCUT2D eigenvalue weighted by Crippen LogP contribution is -2.17. The van der Waals surface area contributed by atoms with Gasteiger partial charge >= 0.3 is 0 Å². The molecule has 0 radical (unpaired) electrons. The van der Waals surface area contributed by atoms with Crippen LogP contribution in [0, 0.1) is 57.8 Å². The first-order valence-corrected chi connectivity index (χ1v) is 21.1. The van der Waals surface area contributed by atoms with E-state index in [4.69, 9.17) is 0 Å². The smallest absolute Gasteiger partial charge is 0.0122 e. The van der Waals surface area contributed by atoms with Crippen molar-refractivity contribution in [2.75, 3.05) is 0 Å². The molecule has 0 saturated heterocycles. The maximum Gasteiger partial charge on any atom is -0.0122 e. The standard InChI is InChI=1S/C27H38.C18H32.C9H18/c1-16(2)12-18(4)26-21(7)23(15-24(22(26)8)27(9,10)11)25-19(5)13-17(3)14-20(25)6;1-9-16(12-10-11-14(2)3)17(13-15(4)5)18(6,7)8;1-7(2)6-9(5)8(3)4/h13-15,18H,1,12H2,2-11H3;9,13-14H,4,10-12H2,1-3,5-8H3;7,9H,3,6H2,1-2,4-5H3/b;16-9-,17-13+;. The fraction of sp³-hybridized carbons (Fsp3) is 0.593. The zero-order chi connectivity index (χ0) is 42.5. The van der Waals surface area contributed by atoms with E-state index in [9.17, 15) is 0 Å². The van der Waals surface area contributed by atoms with Crippen molar-refractivity contribution in [3.05, 3.63) is 117 Å². The van der Waals surface area contributed by atoms with E-state index >= 15 is 0 Å². The molecule has 2 atom stereocenters. The Morgan fingerprint density at radius 2 is 1.26 bits per heavy atom. The van der Waals surface area contributed by atoms with Crippen molar-refractivity contribution in [3.63, 3.8) is 0 Å². The predicted molar refractivity (Wildman–Crippen MR) is 250 cm³/mol. The largest absolute Gasteiger partial charge is 0.100 e. The zero-order valence-electron chi connectivity index (χ0n) is 39.9. The molecule has 0 heterocycles. The van der Waals surface area contributed by atoms with Gasteiger partial charge in [0.15, 0.2) is 0 Å². The monoisotopic (exact) mass is 737 g/mol. The average Bonchev–Trinajstić information content (AvgIpc) is 2.97. The van der Waals surface area contributed by atoms with Gasteiger partial charge in [0.25, 0.3) is 0 Å². The minimum Gasteiger partial charge on any atom is -0.100 e. The molecule has 0 saturated carbocycles. The van der Waals surface area contributed by atoms with E-state index in [-0.39, 0.29) is 10.8 Å². The van der Waals surface area contributed by atoms with Crippen LogP contribution in [-0.4, -0.2) is 0 Å². The van der Waals surface area contributed by atoms with Gasteiger partial charge in [-0.1, -0.05) is 155 Å². The first-order chi connectivity index (χ1) is 24.6. The molecule has 2 rings (SSSR count). The number of hydrogen-bond acceptors (Lipinski definition) is 0. The number of hydrogen-bond donors (Lipinski definition) is 0. The van der Waals surface area contributed by atoms with Crippen LogP contribution in [-0.2, 0) is 5.41 Å².